The molecule has 0 radical (unpaired) electrons. The number of carbonyl (C=O) groups is 2. The lowest BCUT2D eigenvalue weighted by atomic mass is 10.1. The quantitative estimate of drug-likeness (QED) is 0.380. The van der Waals surface area contributed by atoms with Crippen molar-refractivity contribution >= 4 is 17.5 Å². The third kappa shape index (κ3) is 6.11. The van der Waals surface area contributed by atoms with Crippen molar-refractivity contribution in [1.82, 2.24) is 5.32 Å². The van der Waals surface area contributed by atoms with Crippen LogP contribution in [0.25, 0.3) is 0 Å². The molecule has 1 heterocycles. The first-order chi connectivity index (χ1) is 16.2. The second-order valence-electron chi connectivity index (χ2n) is 7.37. The summed E-state index contributed by atoms with van der Waals surface area (Å²) in [6, 6.07) is 27.5. The summed E-state index contributed by atoms with van der Waals surface area (Å²) in [5, 5.41) is 5.65. The van der Waals surface area contributed by atoms with Crippen LogP contribution < -0.4 is 15.4 Å². The number of amides is 2. The van der Waals surface area contributed by atoms with Crippen LogP contribution in [-0.4, -0.2) is 18.4 Å². The number of hydrogen-bond donors (Lipinski definition) is 2. The Hall–Kier alpha value is -4.32. The smallest absolute Gasteiger partial charge is 0.259 e. The number of hydrogen-bond acceptors (Lipinski definition) is 4. The van der Waals surface area contributed by atoms with E-state index < -0.39 is 0 Å². The lowest BCUT2D eigenvalue weighted by Crippen LogP contribution is -2.22. The Morgan fingerprint density at radius 1 is 0.788 bits per heavy atom. The maximum Gasteiger partial charge on any atom is 0.259 e. The zero-order chi connectivity index (χ0) is 22.9. The third-order valence-electron chi connectivity index (χ3n) is 5.03. The van der Waals surface area contributed by atoms with Gasteiger partial charge in [0.1, 0.15) is 11.5 Å². The molecule has 2 N–H and O–H groups in total. The van der Waals surface area contributed by atoms with E-state index in [9.17, 15) is 9.59 Å². The van der Waals surface area contributed by atoms with Crippen molar-refractivity contribution in [2.45, 2.75) is 13.0 Å². The largest absolute Gasteiger partial charge is 0.492 e. The highest BCUT2D eigenvalue weighted by Crippen LogP contribution is 2.20. The third-order valence-corrected chi connectivity index (χ3v) is 5.03. The maximum atomic E-state index is 12.8. The van der Waals surface area contributed by atoms with Crippen molar-refractivity contribution in [3.05, 3.63) is 120 Å². The number of nitrogens with one attached hydrogen (secondary N) is 2. The van der Waals surface area contributed by atoms with E-state index in [1.165, 1.54) is 5.56 Å². The Morgan fingerprint density at radius 3 is 2.30 bits per heavy atom. The Balaban J connectivity index is 1.33. The summed E-state index contributed by atoms with van der Waals surface area (Å²) in [5.41, 5.74) is 2.70. The molecule has 0 aliphatic carbocycles. The van der Waals surface area contributed by atoms with Gasteiger partial charge in [-0.3, -0.25) is 9.59 Å². The van der Waals surface area contributed by atoms with Crippen LogP contribution in [0, 0.1) is 0 Å². The summed E-state index contributed by atoms with van der Waals surface area (Å²) in [5.74, 6) is 0.707. The first-order valence-corrected chi connectivity index (χ1v) is 10.7. The highest BCUT2D eigenvalue weighted by molar-refractivity contribution is 6.06. The Morgan fingerprint density at radius 2 is 1.55 bits per heavy atom. The number of ether oxygens (including phenoxy) is 1. The fourth-order valence-corrected chi connectivity index (χ4v) is 3.29. The molecule has 4 aromatic rings. The predicted molar refractivity (Wildman–Crippen MR) is 126 cm³/mol. The van der Waals surface area contributed by atoms with Gasteiger partial charge in [0.25, 0.3) is 11.8 Å². The maximum absolute atomic E-state index is 12.8. The molecule has 6 heteroatoms. The normalized spacial score (nSPS) is 10.4. The molecule has 2 amide bonds. The van der Waals surface area contributed by atoms with E-state index in [0.717, 1.165) is 6.42 Å². The number of para-hydroxylation sites is 1. The summed E-state index contributed by atoms with van der Waals surface area (Å²) in [6.45, 7) is 0.779. The zero-order valence-corrected chi connectivity index (χ0v) is 18.0. The van der Waals surface area contributed by atoms with E-state index in [-0.39, 0.29) is 11.8 Å². The topological polar surface area (TPSA) is 80.6 Å². The van der Waals surface area contributed by atoms with Gasteiger partial charge in [-0.2, -0.15) is 0 Å². The van der Waals surface area contributed by atoms with E-state index >= 15 is 0 Å². The molecule has 0 atom stereocenters. The van der Waals surface area contributed by atoms with Gasteiger partial charge in [0.15, 0.2) is 0 Å². The minimum atomic E-state index is -0.277. The van der Waals surface area contributed by atoms with E-state index in [1.807, 2.05) is 36.4 Å². The Kier molecular flexibility index (Phi) is 7.18. The lowest BCUT2D eigenvalue weighted by molar-refractivity contribution is 0.0947. The van der Waals surface area contributed by atoms with Gasteiger partial charge in [0.05, 0.1) is 25.0 Å². The van der Waals surface area contributed by atoms with E-state index in [1.54, 1.807) is 60.9 Å². The monoisotopic (exact) mass is 440 g/mol. The average Bonchev–Trinajstić information content (AvgIpc) is 3.38. The molecule has 6 nitrogen and oxygen atoms in total. The van der Waals surface area contributed by atoms with Crippen LogP contribution in [0.2, 0.25) is 0 Å². The van der Waals surface area contributed by atoms with Gasteiger partial charge in [0, 0.05) is 17.7 Å². The number of carbonyl (C=O) groups excluding carboxylic acids is 2. The van der Waals surface area contributed by atoms with Crippen LogP contribution in [0.3, 0.4) is 0 Å². The van der Waals surface area contributed by atoms with Gasteiger partial charge in [0.2, 0.25) is 0 Å². The summed E-state index contributed by atoms with van der Waals surface area (Å²) in [7, 11) is 0. The highest BCUT2D eigenvalue weighted by Gasteiger charge is 2.13. The lowest BCUT2D eigenvalue weighted by Gasteiger charge is -2.12. The molecule has 0 fully saturated rings. The molecule has 0 unspecified atom stereocenters. The first kappa shape index (κ1) is 21.9. The molecule has 166 valence electrons. The van der Waals surface area contributed by atoms with Gasteiger partial charge in [-0.15, -0.1) is 0 Å². The molecule has 33 heavy (non-hydrogen) atoms. The SMILES string of the molecule is O=C(NCc1ccco1)c1ccc(NC(=O)c2ccccc2OCCc2ccccc2)cc1. The molecule has 0 bridgehead atoms. The highest BCUT2D eigenvalue weighted by atomic mass is 16.5. The van der Waals surface area contributed by atoms with Crippen molar-refractivity contribution in [3.63, 3.8) is 0 Å². The number of benzene rings is 3. The van der Waals surface area contributed by atoms with E-state index in [0.29, 0.717) is 41.5 Å². The Labute approximate surface area is 192 Å². The van der Waals surface area contributed by atoms with Gasteiger partial charge >= 0.3 is 0 Å². The van der Waals surface area contributed by atoms with Crippen LogP contribution in [0.5, 0.6) is 5.75 Å². The molecule has 4 rings (SSSR count). The Bertz CT molecular complexity index is 1190. The number of rotatable bonds is 9. The van der Waals surface area contributed by atoms with Crippen LogP contribution in [0.1, 0.15) is 32.0 Å². The summed E-state index contributed by atoms with van der Waals surface area (Å²) in [6.07, 6.45) is 2.31. The van der Waals surface area contributed by atoms with Crippen LogP contribution in [0.4, 0.5) is 5.69 Å². The second-order valence-corrected chi connectivity index (χ2v) is 7.37. The van der Waals surface area contributed by atoms with Crippen molar-refractivity contribution < 1.29 is 18.7 Å². The van der Waals surface area contributed by atoms with Crippen molar-refractivity contribution in [2.24, 2.45) is 0 Å². The van der Waals surface area contributed by atoms with Crippen LogP contribution in [-0.2, 0) is 13.0 Å². The van der Waals surface area contributed by atoms with Crippen molar-refractivity contribution in [2.75, 3.05) is 11.9 Å². The van der Waals surface area contributed by atoms with Crippen LogP contribution >= 0.6 is 0 Å². The standard InChI is InChI=1S/C27H24N2O4/c30-26(28-19-23-9-6-17-32-23)21-12-14-22(15-13-21)29-27(31)24-10-4-5-11-25(24)33-18-16-20-7-2-1-3-8-20/h1-15,17H,16,18-19H2,(H,28,30)(H,29,31). The van der Waals surface area contributed by atoms with Crippen molar-refractivity contribution in [1.29, 1.82) is 0 Å². The average molecular weight is 440 g/mol. The molecule has 0 saturated carbocycles. The molecule has 3 aromatic carbocycles. The fraction of sp³-hybridized carbons (Fsp3) is 0.111. The number of anilines is 1. The summed E-state index contributed by atoms with van der Waals surface area (Å²) < 4.78 is 11.1. The molecule has 0 saturated heterocycles. The summed E-state index contributed by atoms with van der Waals surface area (Å²) in [4.78, 5) is 25.1. The fourth-order valence-electron chi connectivity index (χ4n) is 3.29. The molecule has 1 aromatic heterocycles. The molecular weight excluding hydrogens is 416 g/mol. The number of furan rings is 1. The van der Waals surface area contributed by atoms with Gasteiger partial charge < -0.3 is 19.8 Å². The van der Waals surface area contributed by atoms with E-state index in [4.69, 9.17) is 9.15 Å². The zero-order valence-electron chi connectivity index (χ0n) is 18.0. The van der Waals surface area contributed by atoms with Gasteiger partial charge in [-0.05, 0) is 54.1 Å². The second kappa shape index (κ2) is 10.8. The van der Waals surface area contributed by atoms with Crippen molar-refractivity contribution in [3.8, 4) is 5.75 Å². The first-order valence-electron chi connectivity index (χ1n) is 10.7. The van der Waals surface area contributed by atoms with Gasteiger partial charge in [-0.1, -0.05) is 42.5 Å². The minimum absolute atomic E-state index is 0.221. The van der Waals surface area contributed by atoms with Crippen LogP contribution in [0.15, 0.2) is 102 Å². The minimum Gasteiger partial charge on any atom is -0.492 e. The molecule has 0 aliphatic rings. The summed E-state index contributed by atoms with van der Waals surface area (Å²) >= 11 is 0. The molecule has 0 spiro atoms. The molecular formula is C27H24N2O4. The molecule has 0 aliphatic heterocycles. The van der Waals surface area contributed by atoms with Gasteiger partial charge in [-0.25, -0.2) is 0 Å². The predicted octanol–water partition coefficient (Wildman–Crippen LogP) is 5.08. The van der Waals surface area contributed by atoms with E-state index in [2.05, 4.69) is 10.6 Å².